The third-order valence-electron chi connectivity index (χ3n) is 4.50. The number of pyridine rings is 1. The minimum absolute atomic E-state index is 0. The van der Waals surface area contributed by atoms with Crippen LogP contribution in [0.2, 0.25) is 0 Å². The molecule has 7 heteroatoms. The predicted molar refractivity (Wildman–Crippen MR) is 120 cm³/mol. The van der Waals surface area contributed by atoms with Crippen molar-refractivity contribution in [1.29, 1.82) is 0 Å². The first-order valence-electron chi connectivity index (χ1n) is 8.98. The summed E-state index contributed by atoms with van der Waals surface area (Å²) in [6.45, 7) is 4.94. The lowest BCUT2D eigenvalue weighted by Gasteiger charge is -2.31. The lowest BCUT2D eigenvalue weighted by molar-refractivity contribution is 0.172. The Morgan fingerprint density at radius 3 is 3.04 bits per heavy atom. The molecule has 1 atom stereocenters. The molecule has 142 valence electrons. The maximum absolute atomic E-state index is 6.01. The summed E-state index contributed by atoms with van der Waals surface area (Å²) in [6.07, 6.45) is 5.16. The van der Waals surface area contributed by atoms with Gasteiger partial charge in [0, 0.05) is 49.4 Å². The molecule has 26 heavy (non-hydrogen) atoms. The minimum atomic E-state index is 0. The minimum Gasteiger partial charge on any atom is -0.370 e. The Kier molecular flexibility index (Phi) is 9.35. The number of hydrogen-bond donors (Lipinski definition) is 2. The highest BCUT2D eigenvalue weighted by Crippen LogP contribution is 2.20. The standard InChI is InChI=1S/C19H27N5S.HI/c20-19(22-10-8-17-6-1-2-9-21-17)23-13-16-5-3-11-24(14-16)15-18-7-4-12-25-18;/h1-2,4,6-7,9,12,16H,3,5,8,10-11,13-15H2,(H3,20,22,23);1H. The number of rotatable bonds is 7. The van der Waals surface area contributed by atoms with E-state index in [2.05, 4.69) is 37.7 Å². The van der Waals surface area contributed by atoms with E-state index >= 15 is 0 Å². The quantitative estimate of drug-likeness (QED) is 0.360. The Labute approximate surface area is 177 Å². The second-order valence-electron chi connectivity index (χ2n) is 6.55. The zero-order valence-corrected chi connectivity index (χ0v) is 18.2. The van der Waals surface area contributed by atoms with Gasteiger partial charge in [-0.3, -0.25) is 14.9 Å². The van der Waals surface area contributed by atoms with Crippen LogP contribution in [0.5, 0.6) is 0 Å². The number of likely N-dealkylation sites (tertiary alicyclic amines) is 1. The smallest absolute Gasteiger partial charge is 0.188 e. The van der Waals surface area contributed by atoms with Gasteiger partial charge >= 0.3 is 0 Å². The van der Waals surface area contributed by atoms with Gasteiger partial charge in [0.2, 0.25) is 0 Å². The Morgan fingerprint density at radius 2 is 2.27 bits per heavy atom. The number of nitrogens with one attached hydrogen (secondary N) is 1. The Balaban J connectivity index is 0.00000243. The van der Waals surface area contributed by atoms with Crippen LogP contribution in [-0.2, 0) is 13.0 Å². The first-order chi connectivity index (χ1) is 12.3. The highest BCUT2D eigenvalue weighted by atomic mass is 127. The van der Waals surface area contributed by atoms with E-state index in [-0.39, 0.29) is 24.0 Å². The van der Waals surface area contributed by atoms with Crippen LogP contribution < -0.4 is 11.1 Å². The topological polar surface area (TPSA) is 66.5 Å². The molecule has 0 aromatic carbocycles. The summed E-state index contributed by atoms with van der Waals surface area (Å²) in [5, 5.41) is 5.35. The molecule has 5 nitrogen and oxygen atoms in total. The molecule has 3 N–H and O–H groups in total. The summed E-state index contributed by atoms with van der Waals surface area (Å²) in [4.78, 5) is 12.8. The van der Waals surface area contributed by atoms with Crippen molar-refractivity contribution in [2.75, 3.05) is 26.2 Å². The lowest BCUT2D eigenvalue weighted by atomic mass is 9.98. The summed E-state index contributed by atoms with van der Waals surface area (Å²) in [6, 6.07) is 10.3. The predicted octanol–water partition coefficient (Wildman–Crippen LogP) is 3.12. The molecule has 0 bridgehead atoms. The summed E-state index contributed by atoms with van der Waals surface area (Å²) in [7, 11) is 0. The molecule has 1 fully saturated rings. The van der Waals surface area contributed by atoms with Crippen LogP contribution in [0.25, 0.3) is 0 Å². The fourth-order valence-corrected chi connectivity index (χ4v) is 3.96. The largest absolute Gasteiger partial charge is 0.370 e. The van der Waals surface area contributed by atoms with Gasteiger partial charge in [0.15, 0.2) is 5.96 Å². The van der Waals surface area contributed by atoms with Gasteiger partial charge in [0.05, 0.1) is 0 Å². The molecule has 2 aromatic heterocycles. The van der Waals surface area contributed by atoms with Gasteiger partial charge in [0.25, 0.3) is 0 Å². The van der Waals surface area contributed by atoms with Gasteiger partial charge in [-0.1, -0.05) is 12.1 Å². The second-order valence-corrected chi connectivity index (χ2v) is 7.58. The van der Waals surface area contributed by atoms with E-state index in [1.165, 1.54) is 24.3 Å². The first kappa shape index (κ1) is 21.1. The molecular weight excluding hydrogens is 457 g/mol. The Morgan fingerprint density at radius 1 is 1.35 bits per heavy atom. The van der Waals surface area contributed by atoms with Crippen LogP contribution in [0.1, 0.15) is 23.4 Å². The molecule has 0 saturated carbocycles. The molecule has 3 heterocycles. The molecule has 1 aliphatic rings. The Bertz CT molecular complexity index is 647. The van der Waals surface area contributed by atoms with Gasteiger partial charge in [-0.2, -0.15) is 0 Å². The fraction of sp³-hybridized carbons (Fsp3) is 0.474. The molecule has 2 aromatic rings. The summed E-state index contributed by atoms with van der Waals surface area (Å²) in [5.74, 6) is 1.15. The zero-order valence-electron chi connectivity index (χ0n) is 15.0. The summed E-state index contributed by atoms with van der Waals surface area (Å²) >= 11 is 1.84. The third-order valence-corrected chi connectivity index (χ3v) is 5.36. The molecule has 0 spiro atoms. The highest BCUT2D eigenvalue weighted by Gasteiger charge is 2.19. The van der Waals surface area contributed by atoms with Crippen LogP contribution >= 0.6 is 35.3 Å². The van der Waals surface area contributed by atoms with E-state index in [0.29, 0.717) is 11.9 Å². The van der Waals surface area contributed by atoms with E-state index in [1.807, 2.05) is 35.7 Å². The van der Waals surface area contributed by atoms with Crippen molar-refractivity contribution >= 4 is 41.3 Å². The number of hydrogen-bond acceptors (Lipinski definition) is 4. The van der Waals surface area contributed by atoms with Crippen molar-refractivity contribution in [3.8, 4) is 0 Å². The van der Waals surface area contributed by atoms with Crippen LogP contribution in [0, 0.1) is 5.92 Å². The number of aromatic nitrogens is 1. The number of halogens is 1. The van der Waals surface area contributed by atoms with Crippen molar-refractivity contribution in [3.05, 3.63) is 52.5 Å². The summed E-state index contributed by atoms with van der Waals surface area (Å²) < 4.78 is 0. The molecule has 1 saturated heterocycles. The van der Waals surface area contributed by atoms with Crippen LogP contribution in [0.4, 0.5) is 0 Å². The van der Waals surface area contributed by atoms with Gasteiger partial charge < -0.3 is 11.1 Å². The van der Waals surface area contributed by atoms with E-state index in [0.717, 1.165) is 38.3 Å². The number of thiophene rings is 1. The number of nitrogens with two attached hydrogens (primary N) is 1. The van der Waals surface area contributed by atoms with E-state index in [1.54, 1.807) is 0 Å². The fourth-order valence-electron chi connectivity index (χ4n) is 3.21. The van der Waals surface area contributed by atoms with Crippen molar-refractivity contribution in [1.82, 2.24) is 15.2 Å². The van der Waals surface area contributed by atoms with Crippen molar-refractivity contribution in [2.24, 2.45) is 16.6 Å². The van der Waals surface area contributed by atoms with Crippen LogP contribution in [0.15, 0.2) is 46.9 Å². The summed E-state index contributed by atoms with van der Waals surface area (Å²) in [5.41, 5.74) is 7.07. The second kappa shape index (κ2) is 11.5. The zero-order chi connectivity index (χ0) is 17.3. The number of aliphatic imine (C=N–C) groups is 1. The highest BCUT2D eigenvalue weighted by molar-refractivity contribution is 14.0. The SMILES string of the molecule is I.NC(=NCC1CCCN(Cc2cccs2)C1)NCCc1ccccn1. The maximum atomic E-state index is 6.01. The normalized spacial score (nSPS) is 18.3. The van der Waals surface area contributed by atoms with Gasteiger partial charge in [-0.25, -0.2) is 0 Å². The molecule has 0 amide bonds. The molecular formula is C19H28IN5S. The number of nitrogens with zero attached hydrogens (tertiary/aromatic N) is 3. The molecule has 1 unspecified atom stereocenters. The van der Waals surface area contributed by atoms with Crippen molar-refractivity contribution in [2.45, 2.75) is 25.8 Å². The molecule has 0 aliphatic carbocycles. The van der Waals surface area contributed by atoms with Crippen molar-refractivity contribution in [3.63, 3.8) is 0 Å². The van der Waals surface area contributed by atoms with Gasteiger partial charge in [-0.15, -0.1) is 35.3 Å². The number of piperidine rings is 1. The van der Waals surface area contributed by atoms with Crippen LogP contribution in [-0.4, -0.2) is 42.0 Å². The maximum Gasteiger partial charge on any atom is 0.188 e. The molecule has 3 rings (SSSR count). The first-order valence-corrected chi connectivity index (χ1v) is 9.86. The van der Waals surface area contributed by atoms with Gasteiger partial charge in [0.1, 0.15) is 0 Å². The Hall–Kier alpha value is -1.19. The number of guanidine groups is 1. The van der Waals surface area contributed by atoms with E-state index < -0.39 is 0 Å². The van der Waals surface area contributed by atoms with Crippen LogP contribution in [0.3, 0.4) is 0 Å². The third kappa shape index (κ3) is 7.20. The molecule has 1 aliphatic heterocycles. The van der Waals surface area contributed by atoms with Crippen molar-refractivity contribution < 1.29 is 0 Å². The molecule has 0 radical (unpaired) electrons. The average Bonchev–Trinajstić information content (AvgIpc) is 3.14. The monoisotopic (exact) mass is 485 g/mol. The lowest BCUT2D eigenvalue weighted by Crippen LogP contribution is -2.37. The van der Waals surface area contributed by atoms with E-state index in [4.69, 9.17) is 5.73 Å². The van der Waals surface area contributed by atoms with E-state index in [9.17, 15) is 0 Å². The average molecular weight is 485 g/mol. The van der Waals surface area contributed by atoms with Gasteiger partial charge in [-0.05, 0) is 48.9 Å².